The molecule has 0 radical (unpaired) electrons. The van der Waals surface area contributed by atoms with Gasteiger partial charge in [-0.2, -0.15) is 0 Å². The van der Waals surface area contributed by atoms with Gasteiger partial charge in [0.25, 0.3) is 0 Å². The number of benzene rings is 1. The van der Waals surface area contributed by atoms with Crippen LogP contribution in [0.5, 0.6) is 0 Å². The van der Waals surface area contributed by atoms with Crippen molar-refractivity contribution in [3.05, 3.63) is 41.7 Å². The summed E-state index contributed by atoms with van der Waals surface area (Å²) < 4.78 is 13.3. The quantitative estimate of drug-likeness (QED) is 0.795. The van der Waals surface area contributed by atoms with Crippen LogP contribution in [-0.2, 0) is 4.79 Å². The molecule has 1 fully saturated rings. The lowest BCUT2D eigenvalue weighted by Crippen LogP contribution is -2.48. The third kappa shape index (κ3) is 2.67. The molecular formula is C12H13FN2O. The highest BCUT2D eigenvalue weighted by atomic mass is 19.1. The van der Waals surface area contributed by atoms with Gasteiger partial charge in [0.1, 0.15) is 5.82 Å². The third-order valence-corrected chi connectivity index (χ3v) is 2.49. The zero-order chi connectivity index (χ0) is 11.4. The van der Waals surface area contributed by atoms with Gasteiger partial charge in [0.05, 0.1) is 0 Å². The number of carbonyl (C=O) groups excluding carboxylic acids is 1. The topological polar surface area (TPSA) is 41.1 Å². The van der Waals surface area contributed by atoms with E-state index < -0.39 is 0 Å². The summed E-state index contributed by atoms with van der Waals surface area (Å²) in [6, 6.07) is 6.66. The number of halogens is 1. The number of nitrogens with one attached hydrogen (secondary N) is 2. The number of amides is 1. The van der Waals surface area contributed by atoms with Crippen molar-refractivity contribution in [2.75, 3.05) is 0 Å². The molecule has 0 spiro atoms. The van der Waals surface area contributed by atoms with Crippen LogP contribution in [0.15, 0.2) is 30.3 Å². The summed E-state index contributed by atoms with van der Waals surface area (Å²) in [7, 11) is 0. The van der Waals surface area contributed by atoms with Gasteiger partial charge < -0.3 is 0 Å². The Kier molecular flexibility index (Phi) is 3.31. The van der Waals surface area contributed by atoms with E-state index in [1.54, 1.807) is 24.3 Å². The minimum absolute atomic E-state index is 0.00413. The maximum Gasteiger partial charge on any atom is 0.234 e. The number of hydrogen-bond acceptors (Lipinski definition) is 2. The van der Waals surface area contributed by atoms with Crippen LogP contribution < -0.4 is 10.9 Å². The van der Waals surface area contributed by atoms with E-state index in [1.165, 1.54) is 6.07 Å². The molecular weight excluding hydrogens is 207 g/mol. The largest absolute Gasteiger partial charge is 0.291 e. The second kappa shape index (κ2) is 4.90. The van der Waals surface area contributed by atoms with Gasteiger partial charge in [0.2, 0.25) is 5.91 Å². The maximum absolute atomic E-state index is 13.3. The third-order valence-electron chi connectivity index (χ3n) is 2.49. The molecule has 1 aliphatic rings. The molecule has 3 nitrogen and oxygen atoms in total. The van der Waals surface area contributed by atoms with E-state index in [1.807, 2.05) is 6.08 Å². The van der Waals surface area contributed by atoms with Crippen LogP contribution in [0.2, 0.25) is 0 Å². The first-order chi connectivity index (χ1) is 7.75. The van der Waals surface area contributed by atoms with Gasteiger partial charge in [-0.1, -0.05) is 30.4 Å². The molecule has 2 rings (SSSR count). The van der Waals surface area contributed by atoms with Crippen molar-refractivity contribution < 1.29 is 9.18 Å². The normalized spacial score (nSPS) is 21.1. The molecule has 1 saturated heterocycles. The lowest BCUT2D eigenvalue weighted by atomic mass is 10.1. The summed E-state index contributed by atoms with van der Waals surface area (Å²) in [4.78, 5) is 10.9. The summed E-state index contributed by atoms with van der Waals surface area (Å²) in [5, 5.41) is 0. The lowest BCUT2D eigenvalue weighted by Gasteiger charge is -2.20. The average molecular weight is 220 g/mol. The molecule has 4 heteroatoms. The summed E-state index contributed by atoms with van der Waals surface area (Å²) >= 11 is 0. The minimum Gasteiger partial charge on any atom is -0.291 e. The predicted octanol–water partition coefficient (Wildman–Crippen LogP) is 1.62. The lowest BCUT2D eigenvalue weighted by molar-refractivity contribution is -0.123. The monoisotopic (exact) mass is 220 g/mol. The van der Waals surface area contributed by atoms with E-state index in [4.69, 9.17) is 0 Å². The zero-order valence-electron chi connectivity index (χ0n) is 8.74. The van der Waals surface area contributed by atoms with Gasteiger partial charge in [-0.3, -0.25) is 10.2 Å². The number of hydrazine groups is 1. The fraction of sp³-hybridized carbons (Fsp3) is 0.250. The van der Waals surface area contributed by atoms with Crippen LogP contribution >= 0.6 is 0 Å². The molecule has 1 heterocycles. The smallest absolute Gasteiger partial charge is 0.234 e. The SMILES string of the molecule is O=C1CCC(/C=C/c2ccccc2F)NN1. The van der Waals surface area contributed by atoms with Gasteiger partial charge in [-0.25, -0.2) is 9.82 Å². The van der Waals surface area contributed by atoms with Gasteiger partial charge in [-0.05, 0) is 12.5 Å². The van der Waals surface area contributed by atoms with Crippen LogP contribution in [0, 0.1) is 5.82 Å². The molecule has 1 aromatic carbocycles. The van der Waals surface area contributed by atoms with E-state index in [0.717, 1.165) is 6.42 Å². The van der Waals surface area contributed by atoms with Crippen molar-refractivity contribution in [1.29, 1.82) is 0 Å². The van der Waals surface area contributed by atoms with Crippen molar-refractivity contribution >= 4 is 12.0 Å². The van der Waals surface area contributed by atoms with Crippen LogP contribution in [-0.4, -0.2) is 11.9 Å². The Morgan fingerprint density at radius 3 is 2.88 bits per heavy atom. The Morgan fingerprint density at radius 1 is 1.38 bits per heavy atom. The molecule has 0 bridgehead atoms. The Labute approximate surface area is 93.3 Å². The Balaban J connectivity index is 1.99. The molecule has 1 aromatic rings. The Bertz CT molecular complexity index is 407. The number of rotatable bonds is 2. The van der Waals surface area contributed by atoms with Crippen molar-refractivity contribution in [3.8, 4) is 0 Å². The summed E-state index contributed by atoms with van der Waals surface area (Å²) in [5.74, 6) is -0.242. The van der Waals surface area contributed by atoms with Crippen molar-refractivity contribution in [3.63, 3.8) is 0 Å². The fourth-order valence-corrected chi connectivity index (χ4v) is 1.57. The molecule has 2 N–H and O–H groups in total. The molecule has 1 amide bonds. The Hall–Kier alpha value is -1.68. The van der Waals surface area contributed by atoms with Gasteiger partial charge in [0.15, 0.2) is 0 Å². The molecule has 1 unspecified atom stereocenters. The molecule has 84 valence electrons. The maximum atomic E-state index is 13.3. The number of carbonyl (C=O) groups is 1. The van der Waals surface area contributed by atoms with Crippen LogP contribution in [0.4, 0.5) is 4.39 Å². The van der Waals surface area contributed by atoms with E-state index in [2.05, 4.69) is 10.9 Å². The van der Waals surface area contributed by atoms with Gasteiger partial charge in [-0.15, -0.1) is 0 Å². The van der Waals surface area contributed by atoms with Crippen LogP contribution in [0.25, 0.3) is 6.08 Å². The van der Waals surface area contributed by atoms with Crippen LogP contribution in [0.1, 0.15) is 18.4 Å². The molecule has 1 atom stereocenters. The van der Waals surface area contributed by atoms with Gasteiger partial charge in [0, 0.05) is 18.0 Å². The predicted molar refractivity (Wildman–Crippen MR) is 59.7 cm³/mol. The molecule has 0 saturated carbocycles. The first-order valence-corrected chi connectivity index (χ1v) is 5.23. The highest BCUT2D eigenvalue weighted by molar-refractivity contribution is 5.76. The Morgan fingerprint density at radius 2 is 2.19 bits per heavy atom. The standard InChI is InChI=1S/C12H13FN2O/c13-11-4-2-1-3-9(11)5-6-10-7-8-12(16)15-14-10/h1-6,10,14H,7-8H2,(H,15,16)/b6-5+. The first kappa shape index (κ1) is 10.8. The fourth-order valence-electron chi connectivity index (χ4n) is 1.57. The first-order valence-electron chi connectivity index (χ1n) is 5.23. The van der Waals surface area contributed by atoms with Gasteiger partial charge >= 0.3 is 0 Å². The highest BCUT2D eigenvalue weighted by Crippen LogP contribution is 2.10. The van der Waals surface area contributed by atoms with E-state index in [-0.39, 0.29) is 17.8 Å². The number of hydrogen-bond donors (Lipinski definition) is 2. The molecule has 0 aromatic heterocycles. The average Bonchev–Trinajstić information content (AvgIpc) is 2.30. The van der Waals surface area contributed by atoms with Crippen molar-refractivity contribution in [1.82, 2.24) is 10.9 Å². The highest BCUT2D eigenvalue weighted by Gasteiger charge is 2.14. The summed E-state index contributed by atoms with van der Waals surface area (Å²) in [6.07, 6.45) is 4.82. The summed E-state index contributed by atoms with van der Waals surface area (Å²) in [6.45, 7) is 0. The second-order valence-electron chi connectivity index (χ2n) is 3.72. The summed E-state index contributed by atoms with van der Waals surface area (Å²) in [5.41, 5.74) is 5.96. The van der Waals surface area contributed by atoms with E-state index in [0.29, 0.717) is 12.0 Å². The van der Waals surface area contributed by atoms with E-state index in [9.17, 15) is 9.18 Å². The van der Waals surface area contributed by atoms with Crippen LogP contribution in [0.3, 0.4) is 0 Å². The molecule has 16 heavy (non-hydrogen) atoms. The van der Waals surface area contributed by atoms with Crippen molar-refractivity contribution in [2.45, 2.75) is 18.9 Å². The minimum atomic E-state index is -0.237. The van der Waals surface area contributed by atoms with Crippen molar-refractivity contribution in [2.24, 2.45) is 0 Å². The zero-order valence-corrected chi connectivity index (χ0v) is 8.74. The second-order valence-corrected chi connectivity index (χ2v) is 3.72. The van der Waals surface area contributed by atoms with E-state index >= 15 is 0 Å². The molecule has 1 aliphatic heterocycles. The molecule has 0 aliphatic carbocycles.